The first-order valence-corrected chi connectivity index (χ1v) is 7.80. The van der Waals surface area contributed by atoms with Crippen molar-refractivity contribution in [3.05, 3.63) is 23.8 Å². The van der Waals surface area contributed by atoms with Gasteiger partial charge in [0.05, 0.1) is 20.8 Å². The lowest BCUT2D eigenvalue weighted by Crippen LogP contribution is -2.41. The van der Waals surface area contributed by atoms with Crippen LogP contribution >= 0.6 is 0 Å². The quantitative estimate of drug-likeness (QED) is 0.839. The van der Waals surface area contributed by atoms with Gasteiger partial charge in [-0.1, -0.05) is 13.0 Å². The van der Waals surface area contributed by atoms with Crippen LogP contribution in [0.25, 0.3) is 0 Å². The van der Waals surface area contributed by atoms with Crippen molar-refractivity contribution in [2.24, 2.45) is 5.92 Å². The van der Waals surface area contributed by atoms with Gasteiger partial charge in [0.15, 0.2) is 11.5 Å². The predicted octanol–water partition coefficient (Wildman–Crippen LogP) is 2.65. The summed E-state index contributed by atoms with van der Waals surface area (Å²) in [5, 5.41) is 3.61. The van der Waals surface area contributed by atoms with Crippen molar-refractivity contribution in [3.63, 3.8) is 0 Å². The van der Waals surface area contributed by atoms with Gasteiger partial charge in [-0.05, 0) is 49.4 Å². The van der Waals surface area contributed by atoms with Gasteiger partial charge in [0, 0.05) is 12.6 Å². The van der Waals surface area contributed by atoms with Crippen LogP contribution in [0.15, 0.2) is 18.2 Å². The largest absolute Gasteiger partial charge is 0.493 e. The van der Waals surface area contributed by atoms with Crippen LogP contribution in [0, 0.1) is 5.92 Å². The standard InChI is InChI=1S/C17H27NO3/c1-4-18-15(14-6-5-9-21-12-14)10-13-7-8-16(19-2)17(11-13)20-3/h7-8,11,14-15,18H,4-6,9-10,12H2,1-3H3. The van der Waals surface area contributed by atoms with Crippen LogP contribution in [-0.2, 0) is 11.2 Å². The van der Waals surface area contributed by atoms with Crippen molar-refractivity contribution in [2.45, 2.75) is 32.2 Å². The van der Waals surface area contributed by atoms with Crippen LogP contribution in [0.2, 0.25) is 0 Å². The van der Waals surface area contributed by atoms with Crippen molar-refractivity contribution in [3.8, 4) is 11.5 Å². The molecule has 118 valence electrons. The van der Waals surface area contributed by atoms with Crippen molar-refractivity contribution < 1.29 is 14.2 Å². The lowest BCUT2D eigenvalue weighted by molar-refractivity contribution is 0.0396. The fraction of sp³-hybridized carbons (Fsp3) is 0.647. The smallest absolute Gasteiger partial charge is 0.160 e. The number of ether oxygens (including phenoxy) is 3. The zero-order chi connectivity index (χ0) is 15.1. The van der Waals surface area contributed by atoms with E-state index in [4.69, 9.17) is 14.2 Å². The molecule has 0 aromatic heterocycles. The van der Waals surface area contributed by atoms with E-state index < -0.39 is 0 Å². The molecular weight excluding hydrogens is 266 g/mol. The Morgan fingerprint density at radius 2 is 2.10 bits per heavy atom. The van der Waals surface area contributed by atoms with Gasteiger partial charge in [-0.2, -0.15) is 0 Å². The van der Waals surface area contributed by atoms with Gasteiger partial charge in [0.2, 0.25) is 0 Å². The molecule has 0 radical (unpaired) electrons. The summed E-state index contributed by atoms with van der Waals surface area (Å²) in [7, 11) is 3.34. The number of nitrogens with one attached hydrogen (secondary N) is 1. The Kier molecular flexibility index (Phi) is 6.33. The number of likely N-dealkylation sites (N-methyl/N-ethyl adjacent to an activating group) is 1. The highest BCUT2D eigenvalue weighted by molar-refractivity contribution is 5.43. The molecule has 1 aromatic rings. The lowest BCUT2D eigenvalue weighted by Gasteiger charge is -2.31. The zero-order valence-corrected chi connectivity index (χ0v) is 13.4. The summed E-state index contributed by atoms with van der Waals surface area (Å²) in [5.74, 6) is 2.17. The van der Waals surface area contributed by atoms with E-state index in [1.54, 1.807) is 14.2 Å². The zero-order valence-electron chi connectivity index (χ0n) is 13.4. The molecule has 1 aromatic carbocycles. The van der Waals surface area contributed by atoms with E-state index >= 15 is 0 Å². The Morgan fingerprint density at radius 1 is 1.29 bits per heavy atom. The number of methoxy groups -OCH3 is 2. The SMILES string of the molecule is CCNC(Cc1ccc(OC)c(OC)c1)C1CCCOC1. The van der Waals surface area contributed by atoms with E-state index in [0.29, 0.717) is 12.0 Å². The molecule has 4 nitrogen and oxygen atoms in total. The van der Waals surface area contributed by atoms with Crippen molar-refractivity contribution in [1.29, 1.82) is 0 Å². The first-order chi connectivity index (χ1) is 10.3. The minimum absolute atomic E-state index is 0.452. The molecule has 0 saturated carbocycles. The minimum atomic E-state index is 0.452. The second-order valence-electron chi connectivity index (χ2n) is 5.53. The van der Waals surface area contributed by atoms with Crippen LogP contribution in [-0.4, -0.2) is 40.0 Å². The molecule has 0 bridgehead atoms. The second kappa shape index (κ2) is 8.25. The molecule has 0 spiro atoms. The van der Waals surface area contributed by atoms with Crippen LogP contribution in [0.4, 0.5) is 0 Å². The predicted molar refractivity (Wildman–Crippen MR) is 84.3 cm³/mol. The van der Waals surface area contributed by atoms with Crippen LogP contribution in [0.3, 0.4) is 0 Å². The van der Waals surface area contributed by atoms with Gasteiger partial charge < -0.3 is 19.5 Å². The lowest BCUT2D eigenvalue weighted by atomic mass is 9.89. The van der Waals surface area contributed by atoms with Crippen molar-refractivity contribution >= 4 is 0 Å². The van der Waals surface area contributed by atoms with Gasteiger partial charge in [-0.25, -0.2) is 0 Å². The molecule has 2 rings (SSSR count). The Morgan fingerprint density at radius 3 is 2.71 bits per heavy atom. The summed E-state index contributed by atoms with van der Waals surface area (Å²) >= 11 is 0. The topological polar surface area (TPSA) is 39.7 Å². The fourth-order valence-corrected chi connectivity index (χ4v) is 3.01. The van der Waals surface area contributed by atoms with E-state index in [0.717, 1.165) is 37.7 Å². The molecule has 1 saturated heterocycles. The van der Waals surface area contributed by atoms with Gasteiger partial charge in [-0.3, -0.25) is 0 Å². The summed E-state index contributed by atoms with van der Waals surface area (Å²) in [4.78, 5) is 0. The Hall–Kier alpha value is -1.26. The Balaban J connectivity index is 2.08. The van der Waals surface area contributed by atoms with E-state index in [9.17, 15) is 0 Å². The van der Waals surface area contributed by atoms with Crippen molar-refractivity contribution in [1.82, 2.24) is 5.32 Å². The molecule has 4 heteroatoms. The monoisotopic (exact) mass is 293 g/mol. The maximum absolute atomic E-state index is 5.64. The Labute approximate surface area is 127 Å². The number of hydrogen-bond acceptors (Lipinski definition) is 4. The molecule has 2 atom stereocenters. The van der Waals surface area contributed by atoms with Gasteiger partial charge in [0.1, 0.15) is 0 Å². The number of benzene rings is 1. The van der Waals surface area contributed by atoms with E-state index in [2.05, 4.69) is 24.4 Å². The highest BCUT2D eigenvalue weighted by atomic mass is 16.5. The summed E-state index contributed by atoms with van der Waals surface area (Å²) in [6.45, 7) is 4.91. The fourth-order valence-electron chi connectivity index (χ4n) is 3.01. The third kappa shape index (κ3) is 4.35. The van der Waals surface area contributed by atoms with Crippen LogP contribution in [0.5, 0.6) is 11.5 Å². The molecule has 2 unspecified atom stereocenters. The van der Waals surface area contributed by atoms with Gasteiger partial charge >= 0.3 is 0 Å². The third-order valence-corrected chi connectivity index (χ3v) is 4.13. The molecule has 1 heterocycles. The van der Waals surface area contributed by atoms with Crippen LogP contribution in [0.1, 0.15) is 25.3 Å². The second-order valence-corrected chi connectivity index (χ2v) is 5.53. The normalized spacial score (nSPS) is 20.0. The summed E-state index contributed by atoms with van der Waals surface area (Å²) in [6, 6.07) is 6.63. The average molecular weight is 293 g/mol. The first kappa shape index (κ1) is 16.1. The van der Waals surface area contributed by atoms with E-state index in [1.165, 1.54) is 18.4 Å². The molecule has 1 fully saturated rings. The highest BCUT2D eigenvalue weighted by Gasteiger charge is 2.24. The molecule has 1 N–H and O–H groups in total. The van der Waals surface area contributed by atoms with E-state index in [1.807, 2.05) is 6.07 Å². The van der Waals surface area contributed by atoms with Crippen LogP contribution < -0.4 is 14.8 Å². The number of hydrogen-bond donors (Lipinski definition) is 1. The third-order valence-electron chi connectivity index (χ3n) is 4.13. The summed E-state index contributed by atoms with van der Waals surface area (Å²) in [6.07, 6.45) is 3.39. The van der Waals surface area contributed by atoms with E-state index in [-0.39, 0.29) is 0 Å². The highest BCUT2D eigenvalue weighted by Crippen LogP contribution is 2.29. The molecule has 1 aliphatic rings. The molecular formula is C17H27NO3. The summed E-state index contributed by atoms with van der Waals surface area (Å²) in [5.41, 5.74) is 1.27. The molecule has 0 amide bonds. The average Bonchev–Trinajstić information content (AvgIpc) is 2.55. The van der Waals surface area contributed by atoms with Crippen molar-refractivity contribution in [2.75, 3.05) is 34.0 Å². The summed E-state index contributed by atoms with van der Waals surface area (Å²) < 4.78 is 16.3. The molecule has 0 aliphatic carbocycles. The number of rotatable bonds is 7. The van der Waals surface area contributed by atoms with Gasteiger partial charge in [-0.15, -0.1) is 0 Å². The van der Waals surface area contributed by atoms with Gasteiger partial charge in [0.25, 0.3) is 0 Å². The molecule has 21 heavy (non-hydrogen) atoms. The maximum Gasteiger partial charge on any atom is 0.160 e. The minimum Gasteiger partial charge on any atom is -0.493 e. The maximum atomic E-state index is 5.64. The first-order valence-electron chi connectivity index (χ1n) is 7.80. The molecule has 1 aliphatic heterocycles. The Bertz CT molecular complexity index is 430.